The average molecular weight is 207 g/mol. The smallest absolute Gasteiger partial charge is 0.155 e. The maximum absolute atomic E-state index is 11.5. The van der Waals surface area contributed by atoms with E-state index in [1.54, 1.807) is 21.1 Å². The monoisotopic (exact) mass is 207 g/mol. The van der Waals surface area contributed by atoms with Crippen molar-refractivity contribution in [1.82, 2.24) is 5.32 Å². The SMILES string of the molecule is CNCC1(OC)CCS(=O)(=O)C1C. The Hall–Kier alpha value is -0.130. The summed E-state index contributed by atoms with van der Waals surface area (Å²) in [6, 6.07) is 0. The fourth-order valence-corrected chi connectivity index (χ4v) is 3.83. The minimum atomic E-state index is -2.93. The zero-order valence-electron chi connectivity index (χ0n) is 8.33. The molecule has 0 aromatic rings. The van der Waals surface area contributed by atoms with Crippen molar-refractivity contribution in [3.05, 3.63) is 0 Å². The molecule has 1 N–H and O–H groups in total. The fraction of sp³-hybridized carbons (Fsp3) is 1.00. The predicted molar refractivity (Wildman–Crippen MR) is 51.5 cm³/mol. The second kappa shape index (κ2) is 3.55. The van der Waals surface area contributed by atoms with Crippen LogP contribution in [0.25, 0.3) is 0 Å². The molecule has 1 saturated heterocycles. The molecule has 4 nitrogen and oxygen atoms in total. The second-order valence-electron chi connectivity index (χ2n) is 3.56. The van der Waals surface area contributed by atoms with E-state index in [-0.39, 0.29) is 5.75 Å². The zero-order chi connectivity index (χ0) is 10.1. The predicted octanol–water partition coefficient (Wildman–Crippen LogP) is -0.202. The first kappa shape index (κ1) is 10.9. The number of hydrogen-bond donors (Lipinski definition) is 1. The van der Waals surface area contributed by atoms with Crippen LogP contribution in [0.4, 0.5) is 0 Å². The molecule has 0 radical (unpaired) electrons. The van der Waals surface area contributed by atoms with Crippen molar-refractivity contribution in [2.75, 3.05) is 26.5 Å². The van der Waals surface area contributed by atoms with E-state index in [2.05, 4.69) is 5.32 Å². The van der Waals surface area contributed by atoms with Crippen LogP contribution in [0.2, 0.25) is 0 Å². The highest BCUT2D eigenvalue weighted by molar-refractivity contribution is 7.92. The maximum atomic E-state index is 11.5. The first-order valence-electron chi connectivity index (χ1n) is 4.40. The number of ether oxygens (including phenoxy) is 1. The summed E-state index contributed by atoms with van der Waals surface area (Å²) in [5, 5.41) is 2.58. The lowest BCUT2D eigenvalue weighted by molar-refractivity contribution is -0.00355. The summed E-state index contributed by atoms with van der Waals surface area (Å²) in [5.41, 5.74) is -0.520. The highest BCUT2D eigenvalue weighted by Crippen LogP contribution is 2.33. The van der Waals surface area contributed by atoms with E-state index in [0.29, 0.717) is 13.0 Å². The molecule has 1 aliphatic heterocycles. The Morgan fingerprint density at radius 1 is 1.62 bits per heavy atom. The quantitative estimate of drug-likeness (QED) is 0.696. The van der Waals surface area contributed by atoms with E-state index < -0.39 is 20.7 Å². The van der Waals surface area contributed by atoms with Gasteiger partial charge in [-0.2, -0.15) is 0 Å². The van der Waals surface area contributed by atoms with Gasteiger partial charge in [0.25, 0.3) is 0 Å². The normalized spacial score (nSPS) is 37.9. The highest BCUT2D eigenvalue weighted by Gasteiger charge is 2.49. The Labute approximate surface area is 79.6 Å². The van der Waals surface area contributed by atoms with Gasteiger partial charge in [-0.3, -0.25) is 0 Å². The van der Waals surface area contributed by atoms with Crippen LogP contribution in [-0.4, -0.2) is 45.7 Å². The third-order valence-corrected chi connectivity index (χ3v) is 5.25. The van der Waals surface area contributed by atoms with Gasteiger partial charge in [0.1, 0.15) is 0 Å². The summed E-state index contributed by atoms with van der Waals surface area (Å²) in [5.74, 6) is 0.240. The van der Waals surface area contributed by atoms with Crippen molar-refractivity contribution in [2.45, 2.75) is 24.2 Å². The molecule has 13 heavy (non-hydrogen) atoms. The van der Waals surface area contributed by atoms with Crippen LogP contribution in [0.1, 0.15) is 13.3 Å². The Morgan fingerprint density at radius 3 is 2.54 bits per heavy atom. The van der Waals surface area contributed by atoms with Gasteiger partial charge < -0.3 is 10.1 Å². The summed E-state index contributed by atoms with van der Waals surface area (Å²) >= 11 is 0. The second-order valence-corrected chi connectivity index (χ2v) is 6.00. The van der Waals surface area contributed by atoms with Crippen LogP contribution in [0.15, 0.2) is 0 Å². The van der Waals surface area contributed by atoms with Gasteiger partial charge in [-0.05, 0) is 20.4 Å². The van der Waals surface area contributed by atoms with Crippen molar-refractivity contribution in [3.63, 3.8) is 0 Å². The Balaban J connectivity index is 2.92. The molecule has 1 heterocycles. The molecule has 2 atom stereocenters. The van der Waals surface area contributed by atoms with Crippen LogP contribution in [0, 0.1) is 0 Å². The van der Waals surface area contributed by atoms with Crippen LogP contribution >= 0.6 is 0 Å². The van der Waals surface area contributed by atoms with Crippen LogP contribution < -0.4 is 5.32 Å². The molecule has 1 aliphatic rings. The van der Waals surface area contributed by atoms with Crippen molar-refractivity contribution < 1.29 is 13.2 Å². The lowest BCUT2D eigenvalue weighted by atomic mass is 9.97. The minimum absolute atomic E-state index is 0.240. The lowest BCUT2D eigenvalue weighted by Gasteiger charge is -2.30. The first-order chi connectivity index (χ1) is 5.98. The molecule has 2 unspecified atom stereocenters. The van der Waals surface area contributed by atoms with Gasteiger partial charge in [-0.1, -0.05) is 0 Å². The Morgan fingerprint density at radius 2 is 2.23 bits per heavy atom. The largest absolute Gasteiger partial charge is 0.376 e. The molecule has 1 rings (SSSR count). The van der Waals surface area contributed by atoms with Gasteiger partial charge in [0.2, 0.25) is 0 Å². The summed E-state index contributed by atoms with van der Waals surface area (Å²) in [6.45, 7) is 2.31. The zero-order valence-corrected chi connectivity index (χ0v) is 9.15. The van der Waals surface area contributed by atoms with Gasteiger partial charge in [-0.15, -0.1) is 0 Å². The molecular formula is C8H17NO3S. The molecule has 0 amide bonds. The Kier molecular flexibility index (Phi) is 2.99. The van der Waals surface area contributed by atoms with E-state index in [0.717, 1.165) is 0 Å². The summed E-state index contributed by atoms with van der Waals surface area (Å²) in [7, 11) is 0.450. The van der Waals surface area contributed by atoms with Crippen LogP contribution in [0.3, 0.4) is 0 Å². The molecule has 0 aliphatic carbocycles. The van der Waals surface area contributed by atoms with E-state index in [1.165, 1.54) is 0 Å². The number of methoxy groups -OCH3 is 1. The number of likely N-dealkylation sites (N-methyl/N-ethyl adjacent to an activating group) is 1. The molecule has 1 fully saturated rings. The van der Waals surface area contributed by atoms with Gasteiger partial charge in [0.15, 0.2) is 9.84 Å². The molecule has 78 valence electrons. The third kappa shape index (κ3) is 1.73. The highest BCUT2D eigenvalue weighted by atomic mass is 32.2. The van der Waals surface area contributed by atoms with Gasteiger partial charge in [-0.25, -0.2) is 8.42 Å². The first-order valence-corrected chi connectivity index (χ1v) is 6.11. The van der Waals surface area contributed by atoms with Crippen LogP contribution in [0.5, 0.6) is 0 Å². The molecular weight excluding hydrogens is 190 g/mol. The van der Waals surface area contributed by atoms with Crippen molar-refractivity contribution in [2.24, 2.45) is 0 Å². The molecule has 0 aromatic carbocycles. The van der Waals surface area contributed by atoms with Crippen molar-refractivity contribution in [3.8, 4) is 0 Å². The van der Waals surface area contributed by atoms with Crippen LogP contribution in [-0.2, 0) is 14.6 Å². The number of hydrogen-bond acceptors (Lipinski definition) is 4. The van der Waals surface area contributed by atoms with E-state index in [1.807, 2.05) is 0 Å². The molecule has 0 saturated carbocycles. The number of sulfone groups is 1. The molecule has 5 heteroatoms. The van der Waals surface area contributed by atoms with E-state index in [9.17, 15) is 8.42 Å². The van der Waals surface area contributed by atoms with Crippen molar-refractivity contribution >= 4 is 9.84 Å². The van der Waals surface area contributed by atoms with Gasteiger partial charge in [0.05, 0.1) is 16.6 Å². The standard InChI is InChI=1S/C8H17NO3S/c1-7-8(12-3,6-9-2)4-5-13(7,10)11/h7,9H,4-6H2,1-3H3. The summed E-state index contributed by atoms with van der Waals surface area (Å²) < 4.78 is 28.4. The fourth-order valence-electron chi connectivity index (χ4n) is 1.89. The maximum Gasteiger partial charge on any atom is 0.155 e. The summed E-state index contributed by atoms with van der Waals surface area (Å²) in [6.07, 6.45) is 0.591. The minimum Gasteiger partial charge on any atom is -0.376 e. The number of rotatable bonds is 3. The summed E-state index contributed by atoms with van der Waals surface area (Å²) in [4.78, 5) is 0. The van der Waals surface area contributed by atoms with E-state index in [4.69, 9.17) is 4.74 Å². The lowest BCUT2D eigenvalue weighted by Crippen LogP contribution is -2.47. The van der Waals surface area contributed by atoms with Gasteiger partial charge >= 0.3 is 0 Å². The molecule has 0 spiro atoms. The van der Waals surface area contributed by atoms with Crippen molar-refractivity contribution in [1.29, 1.82) is 0 Å². The topological polar surface area (TPSA) is 55.4 Å². The molecule has 0 bridgehead atoms. The van der Waals surface area contributed by atoms with E-state index >= 15 is 0 Å². The number of nitrogens with one attached hydrogen (secondary N) is 1. The molecule has 0 aromatic heterocycles. The Bertz CT molecular complexity index is 275. The average Bonchev–Trinajstić information content (AvgIpc) is 2.31. The van der Waals surface area contributed by atoms with Gasteiger partial charge in [0, 0.05) is 13.7 Å². The third-order valence-electron chi connectivity index (χ3n) is 2.97.